The lowest BCUT2D eigenvalue weighted by molar-refractivity contribution is 0.436. The number of hydrogen-bond acceptors (Lipinski definition) is 3. The average Bonchev–Trinajstić information content (AvgIpc) is 3.05. The maximum atomic E-state index is 5.84. The third-order valence-electron chi connectivity index (χ3n) is 3.70. The molecule has 4 heteroatoms. The van der Waals surface area contributed by atoms with E-state index in [1.165, 1.54) is 24.2 Å². The largest absolute Gasteiger partial charge is 0.463 e. The molecule has 0 aromatic carbocycles. The van der Waals surface area contributed by atoms with Gasteiger partial charge in [-0.3, -0.25) is 0 Å². The number of rotatable bonds is 5. The van der Waals surface area contributed by atoms with Gasteiger partial charge in [0.1, 0.15) is 11.5 Å². The lowest BCUT2D eigenvalue weighted by atomic mass is 10.0. The highest BCUT2D eigenvalue weighted by Crippen LogP contribution is 2.21. The first-order chi connectivity index (χ1) is 9.36. The van der Waals surface area contributed by atoms with Crippen LogP contribution in [0.25, 0.3) is 0 Å². The number of imidazole rings is 1. The Kier molecular flexibility index (Phi) is 3.69. The highest BCUT2D eigenvalue weighted by molar-refractivity contribution is 5.18. The highest BCUT2D eigenvalue weighted by Gasteiger charge is 2.15. The Morgan fingerprint density at radius 3 is 3.00 bits per heavy atom. The smallest absolute Gasteiger partial charge is 0.123 e. The second kappa shape index (κ2) is 5.61. The molecule has 19 heavy (non-hydrogen) atoms. The minimum absolute atomic E-state index is 0.800. The van der Waals surface area contributed by atoms with Crippen molar-refractivity contribution < 1.29 is 4.42 Å². The molecule has 0 radical (unpaired) electrons. The van der Waals surface area contributed by atoms with E-state index in [-0.39, 0.29) is 0 Å². The van der Waals surface area contributed by atoms with Crippen LogP contribution in [0.5, 0.6) is 0 Å². The Morgan fingerprint density at radius 2 is 2.11 bits per heavy atom. The minimum atomic E-state index is 0.800. The molecule has 0 amide bonds. The molecule has 1 aliphatic rings. The molecule has 0 spiro atoms. The Bertz CT molecular complexity index is 541. The number of aromatic nitrogens is 2. The van der Waals surface area contributed by atoms with Crippen molar-refractivity contribution >= 4 is 0 Å². The van der Waals surface area contributed by atoms with Crippen LogP contribution >= 0.6 is 0 Å². The van der Waals surface area contributed by atoms with Gasteiger partial charge in [0.15, 0.2) is 0 Å². The third-order valence-corrected chi connectivity index (χ3v) is 3.70. The normalized spacial score (nSPS) is 14.6. The first kappa shape index (κ1) is 12.5. The van der Waals surface area contributed by atoms with Gasteiger partial charge in [0, 0.05) is 5.69 Å². The first-order valence-corrected chi connectivity index (χ1v) is 7.18. The second-order valence-electron chi connectivity index (χ2n) is 5.12. The molecule has 1 aliphatic carbocycles. The summed E-state index contributed by atoms with van der Waals surface area (Å²) in [5.41, 5.74) is 2.68. The molecule has 102 valence electrons. The van der Waals surface area contributed by atoms with Gasteiger partial charge in [-0.15, -0.1) is 0 Å². The van der Waals surface area contributed by atoms with Gasteiger partial charge in [0.05, 0.1) is 25.1 Å². The van der Waals surface area contributed by atoms with E-state index in [4.69, 9.17) is 4.42 Å². The SMILES string of the molecule is CCNCc1ccc(Cn2cnc3c2CCCC3)o1. The van der Waals surface area contributed by atoms with Crippen LogP contribution in [0.15, 0.2) is 22.9 Å². The van der Waals surface area contributed by atoms with Crippen LogP contribution in [0.2, 0.25) is 0 Å². The standard InChI is InChI=1S/C15H21N3O/c1-2-16-9-12-7-8-13(19-12)10-18-11-17-14-5-3-4-6-15(14)18/h7-8,11,16H,2-6,9-10H2,1H3. The monoisotopic (exact) mass is 259 g/mol. The topological polar surface area (TPSA) is 43.0 Å². The van der Waals surface area contributed by atoms with E-state index in [1.807, 2.05) is 6.33 Å². The highest BCUT2D eigenvalue weighted by atomic mass is 16.3. The van der Waals surface area contributed by atoms with Gasteiger partial charge in [0.2, 0.25) is 0 Å². The minimum Gasteiger partial charge on any atom is -0.463 e. The average molecular weight is 259 g/mol. The fourth-order valence-electron chi connectivity index (χ4n) is 2.69. The van der Waals surface area contributed by atoms with Crippen molar-refractivity contribution in [1.82, 2.24) is 14.9 Å². The summed E-state index contributed by atoms with van der Waals surface area (Å²) in [6, 6.07) is 4.13. The Labute approximate surface area is 113 Å². The van der Waals surface area contributed by atoms with Crippen molar-refractivity contribution in [3.8, 4) is 0 Å². The molecule has 0 aliphatic heterocycles. The number of nitrogens with zero attached hydrogens (tertiary/aromatic N) is 2. The van der Waals surface area contributed by atoms with Gasteiger partial charge < -0.3 is 14.3 Å². The van der Waals surface area contributed by atoms with Gasteiger partial charge in [-0.25, -0.2) is 4.98 Å². The number of fused-ring (bicyclic) bond motifs is 1. The maximum absolute atomic E-state index is 5.84. The third kappa shape index (κ3) is 2.73. The van der Waals surface area contributed by atoms with E-state index in [2.05, 4.69) is 33.9 Å². The van der Waals surface area contributed by atoms with Crippen molar-refractivity contribution in [3.63, 3.8) is 0 Å². The molecule has 2 aromatic rings. The summed E-state index contributed by atoms with van der Waals surface area (Å²) in [6.07, 6.45) is 6.80. The first-order valence-electron chi connectivity index (χ1n) is 7.18. The molecule has 0 saturated heterocycles. The van der Waals surface area contributed by atoms with Gasteiger partial charge in [-0.1, -0.05) is 6.92 Å². The van der Waals surface area contributed by atoms with Crippen LogP contribution in [0.1, 0.15) is 42.7 Å². The van der Waals surface area contributed by atoms with Crippen molar-refractivity contribution in [2.24, 2.45) is 0 Å². The Balaban J connectivity index is 1.71. The molecule has 0 atom stereocenters. The lowest BCUT2D eigenvalue weighted by Gasteiger charge is -2.13. The molecule has 1 N–H and O–H groups in total. The summed E-state index contributed by atoms with van der Waals surface area (Å²) >= 11 is 0. The maximum Gasteiger partial charge on any atom is 0.123 e. The number of hydrogen-bond donors (Lipinski definition) is 1. The van der Waals surface area contributed by atoms with Gasteiger partial charge in [0.25, 0.3) is 0 Å². The number of furan rings is 1. The molecular formula is C15H21N3O. The molecule has 0 bridgehead atoms. The number of aryl methyl sites for hydroxylation is 1. The van der Waals surface area contributed by atoms with E-state index in [1.54, 1.807) is 0 Å². The molecular weight excluding hydrogens is 238 g/mol. The van der Waals surface area contributed by atoms with Crippen LogP contribution in [0.4, 0.5) is 0 Å². The van der Waals surface area contributed by atoms with Gasteiger partial charge in [-0.05, 0) is 44.4 Å². The Morgan fingerprint density at radius 1 is 1.26 bits per heavy atom. The van der Waals surface area contributed by atoms with Crippen LogP contribution < -0.4 is 5.32 Å². The van der Waals surface area contributed by atoms with E-state index in [0.29, 0.717) is 0 Å². The zero-order valence-corrected chi connectivity index (χ0v) is 11.5. The van der Waals surface area contributed by atoms with E-state index < -0.39 is 0 Å². The summed E-state index contributed by atoms with van der Waals surface area (Å²) in [5, 5.41) is 3.27. The summed E-state index contributed by atoms with van der Waals surface area (Å²) in [5.74, 6) is 2.02. The zero-order chi connectivity index (χ0) is 13.1. The van der Waals surface area contributed by atoms with Crippen molar-refractivity contribution in [1.29, 1.82) is 0 Å². The second-order valence-corrected chi connectivity index (χ2v) is 5.12. The van der Waals surface area contributed by atoms with Crippen molar-refractivity contribution in [3.05, 3.63) is 41.4 Å². The Hall–Kier alpha value is -1.55. The van der Waals surface area contributed by atoms with Crippen LogP contribution in [0, 0.1) is 0 Å². The van der Waals surface area contributed by atoms with E-state index in [0.717, 1.165) is 44.0 Å². The molecule has 4 nitrogen and oxygen atoms in total. The summed E-state index contributed by atoms with van der Waals surface area (Å²) in [6.45, 7) is 4.67. The molecule has 0 unspecified atom stereocenters. The summed E-state index contributed by atoms with van der Waals surface area (Å²) < 4.78 is 8.08. The molecule has 2 aromatic heterocycles. The lowest BCUT2D eigenvalue weighted by Crippen LogP contribution is -2.11. The van der Waals surface area contributed by atoms with Crippen molar-refractivity contribution in [2.45, 2.75) is 45.7 Å². The van der Waals surface area contributed by atoms with Crippen molar-refractivity contribution in [2.75, 3.05) is 6.54 Å². The van der Waals surface area contributed by atoms with Crippen LogP contribution in [-0.2, 0) is 25.9 Å². The van der Waals surface area contributed by atoms with E-state index in [9.17, 15) is 0 Å². The van der Waals surface area contributed by atoms with E-state index >= 15 is 0 Å². The van der Waals surface area contributed by atoms with Crippen LogP contribution in [-0.4, -0.2) is 16.1 Å². The molecule has 3 rings (SSSR count). The predicted octanol–water partition coefficient (Wildman–Crippen LogP) is 2.51. The van der Waals surface area contributed by atoms with Gasteiger partial charge in [-0.2, -0.15) is 0 Å². The summed E-state index contributed by atoms with van der Waals surface area (Å²) in [4.78, 5) is 4.52. The van der Waals surface area contributed by atoms with Gasteiger partial charge >= 0.3 is 0 Å². The molecule has 0 saturated carbocycles. The fourth-order valence-corrected chi connectivity index (χ4v) is 2.69. The van der Waals surface area contributed by atoms with Crippen LogP contribution in [0.3, 0.4) is 0 Å². The summed E-state index contributed by atoms with van der Waals surface area (Å²) in [7, 11) is 0. The zero-order valence-electron chi connectivity index (χ0n) is 11.5. The molecule has 0 fully saturated rings. The predicted molar refractivity (Wildman–Crippen MR) is 74.1 cm³/mol. The number of nitrogens with one attached hydrogen (secondary N) is 1. The fraction of sp³-hybridized carbons (Fsp3) is 0.533. The quantitative estimate of drug-likeness (QED) is 0.897. The molecule has 2 heterocycles.